The molecule has 146 valence electrons. The number of halogens is 1. The minimum Gasteiger partial charge on any atom is -0.346 e. The molecule has 0 aliphatic carbocycles. The highest BCUT2D eigenvalue weighted by Crippen LogP contribution is 2.26. The number of H-pyrrole nitrogens is 1. The second-order valence-electron chi connectivity index (χ2n) is 7.24. The van der Waals surface area contributed by atoms with Crippen LogP contribution in [0.25, 0.3) is 22.3 Å². The highest BCUT2D eigenvalue weighted by Gasteiger charge is 2.12. The number of likely N-dealkylation sites (N-methyl/N-ethyl adjacent to an activating group) is 1. The zero-order chi connectivity index (χ0) is 19.3. The Morgan fingerprint density at radius 1 is 1.11 bits per heavy atom. The molecule has 3 aromatic rings. The van der Waals surface area contributed by atoms with E-state index in [1.54, 1.807) is 0 Å². The van der Waals surface area contributed by atoms with Gasteiger partial charge in [0.1, 0.15) is 5.65 Å². The average Bonchev–Trinajstić information content (AvgIpc) is 3.17. The number of rotatable bonds is 6. The molecule has 0 spiro atoms. The van der Waals surface area contributed by atoms with E-state index in [-0.39, 0.29) is 5.28 Å². The van der Waals surface area contributed by atoms with Gasteiger partial charge in [0.2, 0.25) is 5.28 Å². The molecule has 1 aromatic carbocycles. The van der Waals surface area contributed by atoms with Crippen LogP contribution in [0.1, 0.15) is 12.0 Å². The van der Waals surface area contributed by atoms with Crippen LogP contribution in [0.15, 0.2) is 41.5 Å². The number of fused-ring (bicyclic) bond motifs is 1. The number of aromatic nitrogens is 3. The molecule has 2 aromatic heterocycles. The van der Waals surface area contributed by atoms with Gasteiger partial charge in [0, 0.05) is 56.1 Å². The number of nitrogens with zero attached hydrogens (tertiary/aromatic N) is 5. The van der Waals surface area contributed by atoms with E-state index >= 15 is 0 Å². The third-order valence-electron chi connectivity index (χ3n) is 5.17. The number of aliphatic imine (C=N–C) groups is 1. The summed E-state index contributed by atoms with van der Waals surface area (Å²) in [6.07, 6.45) is 4.90. The van der Waals surface area contributed by atoms with Crippen LogP contribution in [0.3, 0.4) is 0 Å². The van der Waals surface area contributed by atoms with Gasteiger partial charge in [0.05, 0.1) is 5.69 Å². The molecule has 0 amide bonds. The normalized spacial score (nSPS) is 16.4. The Hall–Kier alpha value is -2.28. The molecule has 1 saturated heterocycles. The number of aromatic amines is 1. The number of nitrogens with one attached hydrogen (secondary N) is 1. The Bertz CT molecular complexity index is 941. The van der Waals surface area contributed by atoms with Crippen molar-refractivity contribution in [3.05, 3.63) is 47.4 Å². The van der Waals surface area contributed by atoms with Crippen LogP contribution >= 0.6 is 11.6 Å². The van der Waals surface area contributed by atoms with Crippen LogP contribution in [0, 0.1) is 0 Å². The summed E-state index contributed by atoms with van der Waals surface area (Å²) in [6.45, 7) is 6.67. The second kappa shape index (κ2) is 8.82. The summed E-state index contributed by atoms with van der Waals surface area (Å²) in [7, 11) is 2.19. The van der Waals surface area contributed by atoms with Crippen LogP contribution in [-0.2, 0) is 0 Å². The minimum atomic E-state index is 0.246. The molecule has 1 aliphatic rings. The Morgan fingerprint density at radius 2 is 1.89 bits per heavy atom. The highest BCUT2D eigenvalue weighted by molar-refractivity contribution is 6.28. The van der Waals surface area contributed by atoms with E-state index < -0.39 is 0 Å². The quantitative estimate of drug-likeness (QED) is 0.394. The zero-order valence-electron chi connectivity index (χ0n) is 16.1. The van der Waals surface area contributed by atoms with Gasteiger partial charge in [0.15, 0.2) is 0 Å². The molecule has 0 saturated carbocycles. The third kappa shape index (κ3) is 4.58. The predicted octanol–water partition coefficient (Wildman–Crippen LogP) is 3.33. The maximum atomic E-state index is 6.05. The lowest BCUT2D eigenvalue weighted by Gasteiger charge is -2.32. The number of hydrogen-bond acceptors (Lipinski definition) is 5. The molecule has 28 heavy (non-hydrogen) atoms. The molecule has 0 bridgehead atoms. The fourth-order valence-corrected chi connectivity index (χ4v) is 3.66. The number of benzene rings is 1. The smallest absolute Gasteiger partial charge is 0.224 e. The van der Waals surface area contributed by atoms with Gasteiger partial charge in [-0.05, 0) is 43.2 Å². The molecule has 0 unspecified atom stereocenters. The standard InChI is InChI=1S/C21H25ClN6/c1-27-11-13-28(14-12-27)10-2-8-23-15-16-3-5-17(6-4-16)19-18-7-9-24-20(18)26-21(22)25-19/h3-7,9,15H,2,8,10-14H2,1H3,(H,24,25,26)/b23-15+. The van der Waals surface area contributed by atoms with E-state index in [1.165, 1.54) is 26.2 Å². The first-order chi connectivity index (χ1) is 13.7. The summed E-state index contributed by atoms with van der Waals surface area (Å²) in [5.74, 6) is 0. The molecule has 4 rings (SSSR count). The van der Waals surface area contributed by atoms with E-state index in [1.807, 2.05) is 18.5 Å². The molecular formula is C21H25ClN6. The Labute approximate surface area is 170 Å². The fraction of sp³-hybridized carbons (Fsp3) is 0.381. The summed E-state index contributed by atoms with van der Waals surface area (Å²) < 4.78 is 0. The molecule has 1 fully saturated rings. The molecule has 7 heteroatoms. The topological polar surface area (TPSA) is 60.4 Å². The minimum absolute atomic E-state index is 0.246. The molecule has 0 radical (unpaired) electrons. The van der Waals surface area contributed by atoms with Gasteiger partial charge in [-0.15, -0.1) is 0 Å². The van der Waals surface area contributed by atoms with E-state index in [4.69, 9.17) is 11.6 Å². The van der Waals surface area contributed by atoms with E-state index in [0.717, 1.165) is 47.4 Å². The van der Waals surface area contributed by atoms with Crippen molar-refractivity contribution in [1.29, 1.82) is 0 Å². The van der Waals surface area contributed by atoms with Crippen LogP contribution in [0.4, 0.5) is 0 Å². The maximum Gasteiger partial charge on any atom is 0.224 e. The molecule has 0 atom stereocenters. The van der Waals surface area contributed by atoms with Crippen LogP contribution in [0.2, 0.25) is 5.28 Å². The lowest BCUT2D eigenvalue weighted by atomic mass is 10.1. The SMILES string of the molecule is CN1CCN(CCC/N=C/c2ccc(-c3nc(Cl)nc4[nH]ccc34)cc2)CC1. The molecule has 3 heterocycles. The van der Waals surface area contributed by atoms with Crippen LogP contribution < -0.4 is 0 Å². The first-order valence-corrected chi connectivity index (χ1v) is 10.1. The van der Waals surface area contributed by atoms with Crippen molar-refractivity contribution in [3.63, 3.8) is 0 Å². The lowest BCUT2D eigenvalue weighted by Crippen LogP contribution is -2.44. The van der Waals surface area contributed by atoms with E-state index in [9.17, 15) is 0 Å². The molecule has 6 nitrogen and oxygen atoms in total. The maximum absolute atomic E-state index is 6.05. The fourth-order valence-electron chi connectivity index (χ4n) is 3.49. The molecule has 1 N–H and O–H groups in total. The van der Waals surface area contributed by atoms with Crippen molar-refractivity contribution < 1.29 is 0 Å². The monoisotopic (exact) mass is 396 g/mol. The number of hydrogen-bond donors (Lipinski definition) is 1. The van der Waals surface area contributed by atoms with Crippen molar-refractivity contribution >= 4 is 28.8 Å². The van der Waals surface area contributed by atoms with Crippen molar-refractivity contribution in [2.45, 2.75) is 6.42 Å². The van der Waals surface area contributed by atoms with Crippen LogP contribution in [0.5, 0.6) is 0 Å². The van der Waals surface area contributed by atoms with Gasteiger partial charge in [-0.3, -0.25) is 4.99 Å². The summed E-state index contributed by atoms with van der Waals surface area (Å²) >= 11 is 6.05. The summed E-state index contributed by atoms with van der Waals surface area (Å²) in [6, 6.07) is 10.2. The summed E-state index contributed by atoms with van der Waals surface area (Å²) in [5, 5.41) is 1.21. The van der Waals surface area contributed by atoms with Crippen molar-refractivity contribution in [2.24, 2.45) is 4.99 Å². The molecular weight excluding hydrogens is 372 g/mol. The van der Waals surface area contributed by atoms with Crippen molar-refractivity contribution in [2.75, 3.05) is 46.3 Å². The zero-order valence-corrected chi connectivity index (χ0v) is 16.9. The highest BCUT2D eigenvalue weighted by atomic mass is 35.5. The largest absolute Gasteiger partial charge is 0.346 e. The van der Waals surface area contributed by atoms with Crippen molar-refractivity contribution in [1.82, 2.24) is 24.8 Å². The van der Waals surface area contributed by atoms with Gasteiger partial charge >= 0.3 is 0 Å². The van der Waals surface area contributed by atoms with Gasteiger partial charge in [-0.25, -0.2) is 4.98 Å². The average molecular weight is 397 g/mol. The second-order valence-corrected chi connectivity index (χ2v) is 7.58. The van der Waals surface area contributed by atoms with E-state index in [0.29, 0.717) is 0 Å². The Morgan fingerprint density at radius 3 is 2.68 bits per heavy atom. The lowest BCUT2D eigenvalue weighted by molar-refractivity contribution is 0.153. The third-order valence-corrected chi connectivity index (χ3v) is 5.34. The van der Waals surface area contributed by atoms with Gasteiger partial charge in [-0.2, -0.15) is 4.98 Å². The molecule has 1 aliphatic heterocycles. The summed E-state index contributed by atoms with van der Waals surface area (Å²) in [4.78, 5) is 21.2. The predicted molar refractivity (Wildman–Crippen MR) is 115 cm³/mol. The summed E-state index contributed by atoms with van der Waals surface area (Å²) in [5.41, 5.74) is 3.70. The van der Waals surface area contributed by atoms with E-state index in [2.05, 4.69) is 61.1 Å². The first-order valence-electron chi connectivity index (χ1n) is 9.71. The van der Waals surface area contributed by atoms with Gasteiger partial charge < -0.3 is 14.8 Å². The van der Waals surface area contributed by atoms with Crippen molar-refractivity contribution in [3.8, 4) is 11.3 Å². The number of piperazine rings is 1. The van der Waals surface area contributed by atoms with Gasteiger partial charge in [-0.1, -0.05) is 24.3 Å². The van der Waals surface area contributed by atoms with Gasteiger partial charge in [0.25, 0.3) is 0 Å². The first kappa shape index (κ1) is 19.1. The Balaban J connectivity index is 1.33. The van der Waals surface area contributed by atoms with Crippen LogP contribution in [-0.4, -0.2) is 77.3 Å². The Kier molecular flexibility index (Phi) is 6.00.